The van der Waals surface area contributed by atoms with Gasteiger partial charge in [0.2, 0.25) is 0 Å². The first-order valence-corrected chi connectivity index (χ1v) is 3.98. The van der Waals surface area contributed by atoms with Gasteiger partial charge in [0, 0.05) is 0 Å². The van der Waals surface area contributed by atoms with E-state index < -0.39 is 0 Å². The van der Waals surface area contributed by atoms with Gasteiger partial charge in [-0.2, -0.15) is 0 Å². The molecule has 0 bridgehead atoms. The maximum Gasteiger partial charge on any atom is 0.116 e. The third kappa shape index (κ3) is 1.68. The van der Waals surface area contributed by atoms with E-state index in [0.717, 1.165) is 4.34 Å². The topological polar surface area (TPSA) is 27.6 Å². The first-order valence-electron chi connectivity index (χ1n) is 2.78. The van der Waals surface area contributed by atoms with Crippen LogP contribution in [0.15, 0.2) is 12.1 Å². The third-order valence-corrected chi connectivity index (χ3v) is 2.54. The average molecular weight is 163 g/mol. The second kappa shape index (κ2) is 2.69. The van der Waals surface area contributed by atoms with Crippen LogP contribution in [0.1, 0.15) is 17.8 Å². The summed E-state index contributed by atoms with van der Waals surface area (Å²) in [5, 5.41) is 0. The highest BCUT2D eigenvalue weighted by molar-refractivity contribution is 7.16. The van der Waals surface area contributed by atoms with Gasteiger partial charge in [0.05, 0.1) is 9.21 Å². The van der Waals surface area contributed by atoms with Crippen LogP contribution < -0.4 is 5.73 Å². The van der Waals surface area contributed by atoms with E-state index >= 15 is 0 Å². The molecule has 0 saturated heterocycles. The number of hydrogen-bond acceptors (Lipinski definition) is 1. The predicted molar refractivity (Wildman–Crippen MR) is 40.6 cm³/mol. The Morgan fingerprint density at radius 3 is 2.56 bits per heavy atom. The average Bonchev–Trinajstić information content (AvgIpc) is 2.14. The Kier molecular flexibility index (Phi) is 2.11. The predicted octanol–water partition coefficient (Wildman–Crippen LogP) is 1.70. The second-order valence-electron chi connectivity index (χ2n) is 2.04. The lowest BCUT2D eigenvalue weighted by Gasteiger charge is -1.92. The monoisotopic (exact) mass is 162 g/mol. The molecule has 3 N–H and O–H groups in total. The minimum absolute atomic E-state index is 0.363. The summed E-state index contributed by atoms with van der Waals surface area (Å²) in [6.45, 7) is 2.06. The van der Waals surface area contributed by atoms with Gasteiger partial charge in [0.25, 0.3) is 0 Å². The molecule has 3 heteroatoms. The minimum Gasteiger partial charge on any atom is -0.351 e. The van der Waals surface area contributed by atoms with Gasteiger partial charge in [-0.15, -0.1) is 11.3 Å². The number of rotatable bonds is 1. The van der Waals surface area contributed by atoms with E-state index in [-0.39, 0.29) is 0 Å². The van der Waals surface area contributed by atoms with Crippen LogP contribution in [-0.4, -0.2) is 0 Å². The molecule has 0 amide bonds. The zero-order chi connectivity index (χ0) is 6.85. The number of halogens is 1. The molecule has 1 atom stereocenters. The molecule has 50 valence electrons. The van der Waals surface area contributed by atoms with Crippen LogP contribution in [0.5, 0.6) is 0 Å². The molecule has 0 unspecified atom stereocenters. The van der Waals surface area contributed by atoms with Crippen LogP contribution in [0, 0.1) is 0 Å². The smallest absolute Gasteiger partial charge is 0.116 e. The Hall–Kier alpha value is -0.0500. The molecular weight excluding hydrogens is 154 g/mol. The van der Waals surface area contributed by atoms with Crippen LogP contribution in [0.25, 0.3) is 0 Å². The van der Waals surface area contributed by atoms with Crippen molar-refractivity contribution in [3.8, 4) is 0 Å². The van der Waals surface area contributed by atoms with Crippen LogP contribution in [0.3, 0.4) is 0 Å². The van der Waals surface area contributed by atoms with E-state index in [4.69, 9.17) is 11.6 Å². The molecular formula is C6H9ClNS+. The van der Waals surface area contributed by atoms with Gasteiger partial charge >= 0.3 is 0 Å². The zero-order valence-electron chi connectivity index (χ0n) is 5.23. The molecule has 0 aliphatic heterocycles. The lowest BCUT2D eigenvalue weighted by Crippen LogP contribution is -2.51. The summed E-state index contributed by atoms with van der Waals surface area (Å²) < 4.78 is 0.848. The highest BCUT2D eigenvalue weighted by Gasteiger charge is 2.03. The van der Waals surface area contributed by atoms with Gasteiger partial charge in [-0.3, -0.25) is 0 Å². The number of thiophene rings is 1. The lowest BCUT2D eigenvalue weighted by atomic mass is 10.3. The molecule has 1 nitrogen and oxygen atoms in total. The van der Waals surface area contributed by atoms with E-state index in [9.17, 15) is 0 Å². The minimum atomic E-state index is 0.363. The van der Waals surface area contributed by atoms with Crippen molar-refractivity contribution < 1.29 is 5.73 Å². The van der Waals surface area contributed by atoms with E-state index in [1.54, 1.807) is 11.3 Å². The molecule has 0 fully saturated rings. The van der Waals surface area contributed by atoms with Gasteiger partial charge < -0.3 is 5.73 Å². The summed E-state index contributed by atoms with van der Waals surface area (Å²) in [6, 6.07) is 4.29. The number of quaternary nitrogens is 1. The zero-order valence-corrected chi connectivity index (χ0v) is 6.80. The Bertz CT molecular complexity index is 195. The molecule has 0 aromatic carbocycles. The molecule has 1 aromatic rings. The molecule has 9 heavy (non-hydrogen) atoms. The normalized spacial score (nSPS) is 13.7. The first-order chi connectivity index (χ1) is 4.20. The summed E-state index contributed by atoms with van der Waals surface area (Å²) in [4.78, 5) is 1.25. The van der Waals surface area contributed by atoms with Crippen molar-refractivity contribution in [1.29, 1.82) is 0 Å². The third-order valence-electron chi connectivity index (χ3n) is 1.08. The summed E-state index contributed by atoms with van der Waals surface area (Å²) >= 11 is 7.29. The van der Waals surface area contributed by atoms with Crippen molar-refractivity contribution >= 4 is 22.9 Å². The first kappa shape index (κ1) is 7.06. The molecule has 0 saturated carbocycles. The van der Waals surface area contributed by atoms with E-state index in [0.29, 0.717) is 6.04 Å². The van der Waals surface area contributed by atoms with Gasteiger partial charge in [-0.05, 0) is 19.1 Å². The van der Waals surface area contributed by atoms with Crippen molar-refractivity contribution in [3.63, 3.8) is 0 Å². The van der Waals surface area contributed by atoms with Crippen LogP contribution >= 0.6 is 22.9 Å². The maximum absolute atomic E-state index is 5.70. The largest absolute Gasteiger partial charge is 0.351 e. The summed E-state index contributed by atoms with van der Waals surface area (Å²) in [5.74, 6) is 0. The fourth-order valence-electron chi connectivity index (χ4n) is 0.593. The second-order valence-corrected chi connectivity index (χ2v) is 3.79. The van der Waals surface area contributed by atoms with E-state index in [1.165, 1.54) is 4.88 Å². The molecule has 1 heterocycles. The molecule has 0 radical (unpaired) electrons. The molecule has 1 rings (SSSR count). The van der Waals surface area contributed by atoms with Crippen LogP contribution in [0.2, 0.25) is 4.34 Å². The fourth-order valence-corrected chi connectivity index (χ4v) is 1.62. The quantitative estimate of drug-likeness (QED) is 0.651. The molecule has 0 spiro atoms. The number of hydrogen-bond donors (Lipinski definition) is 1. The SMILES string of the molecule is C[C@@H]([NH3+])c1ccc(Cl)s1. The summed E-state index contributed by atoms with van der Waals surface area (Å²) in [6.07, 6.45) is 0. The van der Waals surface area contributed by atoms with Crippen LogP contribution in [0.4, 0.5) is 0 Å². The Balaban J connectivity index is 2.85. The van der Waals surface area contributed by atoms with E-state index in [1.807, 2.05) is 12.1 Å². The van der Waals surface area contributed by atoms with E-state index in [2.05, 4.69) is 12.7 Å². The van der Waals surface area contributed by atoms with Gasteiger partial charge in [0.15, 0.2) is 0 Å². The standard InChI is InChI=1S/C6H8ClNS/c1-4(8)5-2-3-6(7)9-5/h2-4H,8H2,1H3/p+1/t4-/m1/s1. The Morgan fingerprint density at radius 2 is 2.33 bits per heavy atom. The van der Waals surface area contributed by atoms with Crippen molar-refractivity contribution in [2.45, 2.75) is 13.0 Å². The lowest BCUT2D eigenvalue weighted by molar-refractivity contribution is -0.419. The summed E-state index contributed by atoms with van der Waals surface area (Å²) in [5.41, 5.74) is 3.87. The van der Waals surface area contributed by atoms with Crippen molar-refractivity contribution in [2.75, 3.05) is 0 Å². The Morgan fingerprint density at radius 1 is 1.67 bits per heavy atom. The van der Waals surface area contributed by atoms with Gasteiger partial charge in [0.1, 0.15) is 6.04 Å². The molecule has 0 aliphatic carbocycles. The van der Waals surface area contributed by atoms with Crippen LogP contribution in [-0.2, 0) is 0 Å². The molecule has 0 aliphatic rings. The Labute approximate surface area is 63.4 Å². The summed E-state index contributed by atoms with van der Waals surface area (Å²) in [7, 11) is 0. The van der Waals surface area contributed by atoms with Crippen molar-refractivity contribution in [3.05, 3.63) is 21.3 Å². The highest BCUT2D eigenvalue weighted by atomic mass is 35.5. The fraction of sp³-hybridized carbons (Fsp3) is 0.333. The maximum atomic E-state index is 5.70. The highest BCUT2D eigenvalue weighted by Crippen LogP contribution is 2.24. The van der Waals surface area contributed by atoms with Crippen molar-refractivity contribution in [2.24, 2.45) is 0 Å². The van der Waals surface area contributed by atoms with Gasteiger partial charge in [-0.25, -0.2) is 0 Å². The molecule has 1 aromatic heterocycles. The van der Waals surface area contributed by atoms with Gasteiger partial charge in [-0.1, -0.05) is 11.6 Å². The van der Waals surface area contributed by atoms with Crippen molar-refractivity contribution in [1.82, 2.24) is 0 Å².